The lowest BCUT2D eigenvalue weighted by molar-refractivity contribution is -0.668. The summed E-state index contributed by atoms with van der Waals surface area (Å²) >= 11 is 0. The molecule has 5 rings (SSSR count). The molecule has 34 heavy (non-hydrogen) atoms. The van der Waals surface area contributed by atoms with Gasteiger partial charge in [-0.1, -0.05) is 36.4 Å². The number of para-hydroxylation sites is 2. The van der Waals surface area contributed by atoms with Crippen LogP contribution in [-0.4, -0.2) is 4.92 Å². The average molecular weight is 450 g/mol. The van der Waals surface area contributed by atoms with Crippen LogP contribution in [0.3, 0.4) is 0 Å². The lowest BCUT2D eigenvalue weighted by atomic mass is 9.82. The molecule has 2 aromatic heterocycles. The zero-order valence-electron chi connectivity index (χ0n) is 19.4. The third-order valence-electron chi connectivity index (χ3n) is 6.66. The van der Waals surface area contributed by atoms with Gasteiger partial charge in [0.05, 0.1) is 15.7 Å². The second-order valence-corrected chi connectivity index (χ2v) is 8.43. The SMILES string of the molecule is CC[n+]1ccc(C(c2ccc([N+](=O)[O-])cc2)c2cc[n+](CC)c3ccccc23)c2ccccc21. The van der Waals surface area contributed by atoms with Crippen molar-refractivity contribution in [2.45, 2.75) is 32.9 Å². The number of hydrogen-bond donors (Lipinski definition) is 0. The van der Waals surface area contributed by atoms with Crippen LogP contribution in [-0.2, 0) is 13.1 Å². The predicted molar refractivity (Wildman–Crippen MR) is 134 cm³/mol. The zero-order valence-corrected chi connectivity index (χ0v) is 19.4. The van der Waals surface area contributed by atoms with Crippen molar-refractivity contribution >= 4 is 27.5 Å². The van der Waals surface area contributed by atoms with Crippen molar-refractivity contribution in [3.8, 4) is 0 Å². The van der Waals surface area contributed by atoms with Crippen molar-refractivity contribution in [3.63, 3.8) is 0 Å². The zero-order chi connectivity index (χ0) is 23.7. The number of rotatable bonds is 6. The first-order valence-corrected chi connectivity index (χ1v) is 11.7. The van der Waals surface area contributed by atoms with E-state index in [1.165, 1.54) is 32.9 Å². The van der Waals surface area contributed by atoms with Gasteiger partial charge in [-0.2, -0.15) is 9.13 Å². The van der Waals surface area contributed by atoms with Gasteiger partial charge in [0.25, 0.3) is 5.69 Å². The Balaban J connectivity index is 1.83. The number of fused-ring (bicyclic) bond motifs is 2. The molecule has 5 heteroatoms. The first kappa shape index (κ1) is 21.7. The third kappa shape index (κ3) is 3.69. The normalized spacial score (nSPS) is 11.4. The Kier molecular flexibility index (Phi) is 5.76. The van der Waals surface area contributed by atoms with E-state index in [0.717, 1.165) is 18.7 Å². The molecule has 0 amide bonds. The van der Waals surface area contributed by atoms with Gasteiger partial charge in [-0.05, 0) is 42.7 Å². The van der Waals surface area contributed by atoms with Crippen LogP contribution < -0.4 is 9.13 Å². The molecule has 3 aromatic carbocycles. The molecule has 0 aliphatic rings. The Hall–Kier alpha value is -4.12. The second kappa shape index (κ2) is 9.02. The molecule has 0 bridgehead atoms. The Bertz CT molecular complexity index is 1420. The minimum Gasteiger partial charge on any atom is -0.258 e. The van der Waals surface area contributed by atoms with E-state index < -0.39 is 0 Å². The number of aryl methyl sites for hydroxylation is 2. The van der Waals surface area contributed by atoms with Gasteiger partial charge < -0.3 is 0 Å². The van der Waals surface area contributed by atoms with Crippen molar-refractivity contribution in [2.75, 3.05) is 0 Å². The number of nitro benzene ring substituents is 1. The summed E-state index contributed by atoms with van der Waals surface area (Å²) in [6.07, 6.45) is 4.29. The standard InChI is InChI=1S/C29H27N3O2/c1-3-30-19-17-25(23-9-5-7-11-27(23)30)29(21-13-15-22(16-14-21)32(33)34)26-18-20-31(4-2)28-12-8-6-10-24(26)28/h5-20,29H,3-4H2,1-2H3/q+2. The summed E-state index contributed by atoms with van der Waals surface area (Å²) in [6, 6.07) is 28.4. The smallest absolute Gasteiger partial charge is 0.258 e. The summed E-state index contributed by atoms with van der Waals surface area (Å²) in [5.41, 5.74) is 5.87. The van der Waals surface area contributed by atoms with Gasteiger partial charge in [0.2, 0.25) is 11.0 Å². The molecule has 2 heterocycles. The molecule has 0 saturated heterocycles. The van der Waals surface area contributed by atoms with E-state index in [1.54, 1.807) is 12.1 Å². The number of aromatic nitrogens is 2. The minimum absolute atomic E-state index is 0.0754. The third-order valence-corrected chi connectivity index (χ3v) is 6.66. The second-order valence-electron chi connectivity index (χ2n) is 8.43. The average Bonchev–Trinajstić information content (AvgIpc) is 2.89. The highest BCUT2D eigenvalue weighted by atomic mass is 16.6. The molecule has 0 aliphatic carbocycles. The van der Waals surface area contributed by atoms with Crippen LogP contribution in [0.1, 0.15) is 36.5 Å². The number of benzene rings is 3. The quantitative estimate of drug-likeness (QED) is 0.190. The van der Waals surface area contributed by atoms with Crippen molar-refractivity contribution in [3.05, 3.63) is 124 Å². The largest absolute Gasteiger partial charge is 0.269 e. The van der Waals surface area contributed by atoms with Crippen molar-refractivity contribution in [1.29, 1.82) is 0 Å². The molecule has 0 N–H and O–H groups in total. The van der Waals surface area contributed by atoms with Crippen LogP contribution >= 0.6 is 0 Å². The van der Waals surface area contributed by atoms with Gasteiger partial charge >= 0.3 is 0 Å². The Morgan fingerprint density at radius 3 is 1.62 bits per heavy atom. The van der Waals surface area contributed by atoms with Gasteiger partial charge in [0, 0.05) is 42.3 Å². The Morgan fingerprint density at radius 2 is 1.18 bits per heavy atom. The molecular formula is C29H27N3O2+2. The number of non-ortho nitro benzene ring substituents is 1. The molecule has 0 radical (unpaired) electrons. The van der Waals surface area contributed by atoms with E-state index in [1.807, 2.05) is 12.1 Å². The molecule has 0 atom stereocenters. The summed E-state index contributed by atoms with van der Waals surface area (Å²) in [5.74, 6) is -0.0754. The minimum atomic E-state index is -0.344. The molecule has 5 nitrogen and oxygen atoms in total. The van der Waals surface area contributed by atoms with E-state index in [9.17, 15) is 10.1 Å². The van der Waals surface area contributed by atoms with Crippen LogP contribution in [0.25, 0.3) is 21.8 Å². The van der Waals surface area contributed by atoms with Crippen molar-refractivity contribution in [1.82, 2.24) is 0 Å². The lowest BCUT2D eigenvalue weighted by Gasteiger charge is -2.21. The monoisotopic (exact) mass is 449 g/mol. The van der Waals surface area contributed by atoms with E-state index in [-0.39, 0.29) is 16.5 Å². The first-order valence-electron chi connectivity index (χ1n) is 11.7. The van der Waals surface area contributed by atoms with Crippen LogP contribution in [0.5, 0.6) is 0 Å². The molecular weight excluding hydrogens is 422 g/mol. The summed E-state index contributed by atoms with van der Waals surface area (Å²) in [4.78, 5) is 11.0. The molecule has 0 unspecified atom stereocenters. The molecule has 0 aliphatic heterocycles. The van der Waals surface area contributed by atoms with Crippen LogP contribution in [0, 0.1) is 10.1 Å². The first-order chi connectivity index (χ1) is 16.6. The van der Waals surface area contributed by atoms with Gasteiger partial charge in [0.15, 0.2) is 12.4 Å². The summed E-state index contributed by atoms with van der Waals surface area (Å²) < 4.78 is 4.50. The Labute approximate surface area is 198 Å². The van der Waals surface area contributed by atoms with Crippen molar-refractivity contribution < 1.29 is 14.1 Å². The highest BCUT2D eigenvalue weighted by Crippen LogP contribution is 2.38. The van der Waals surface area contributed by atoms with E-state index in [2.05, 4.69) is 96.0 Å². The lowest BCUT2D eigenvalue weighted by Crippen LogP contribution is -2.33. The van der Waals surface area contributed by atoms with Crippen LogP contribution in [0.15, 0.2) is 97.3 Å². The number of nitro groups is 1. The molecule has 5 aromatic rings. The number of pyridine rings is 2. The van der Waals surface area contributed by atoms with Crippen LogP contribution in [0.2, 0.25) is 0 Å². The number of nitrogens with zero attached hydrogens (tertiary/aromatic N) is 3. The highest BCUT2D eigenvalue weighted by Gasteiger charge is 2.26. The fourth-order valence-corrected chi connectivity index (χ4v) is 4.99. The fourth-order valence-electron chi connectivity index (χ4n) is 4.99. The van der Waals surface area contributed by atoms with Gasteiger partial charge in [-0.3, -0.25) is 10.1 Å². The van der Waals surface area contributed by atoms with Gasteiger partial charge in [0.1, 0.15) is 13.1 Å². The van der Waals surface area contributed by atoms with Gasteiger partial charge in [-0.25, -0.2) is 0 Å². The van der Waals surface area contributed by atoms with Gasteiger partial charge in [-0.15, -0.1) is 0 Å². The maximum absolute atomic E-state index is 11.3. The van der Waals surface area contributed by atoms with E-state index in [0.29, 0.717) is 0 Å². The predicted octanol–water partition coefficient (Wildman–Crippen LogP) is 5.70. The summed E-state index contributed by atoms with van der Waals surface area (Å²) in [7, 11) is 0. The van der Waals surface area contributed by atoms with Crippen molar-refractivity contribution in [2.24, 2.45) is 0 Å². The summed E-state index contributed by atoms with van der Waals surface area (Å²) in [6.45, 7) is 6.06. The van der Waals surface area contributed by atoms with Crippen LogP contribution in [0.4, 0.5) is 5.69 Å². The van der Waals surface area contributed by atoms with E-state index in [4.69, 9.17) is 0 Å². The maximum atomic E-state index is 11.3. The number of hydrogen-bond acceptors (Lipinski definition) is 2. The molecule has 0 saturated carbocycles. The molecule has 168 valence electrons. The maximum Gasteiger partial charge on any atom is 0.269 e. The summed E-state index contributed by atoms with van der Waals surface area (Å²) in [5, 5.41) is 13.7. The fraction of sp³-hybridized carbons (Fsp3) is 0.172. The Morgan fingerprint density at radius 1 is 0.706 bits per heavy atom. The van der Waals surface area contributed by atoms with E-state index >= 15 is 0 Å². The molecule has 0 fully saturated rings. The highest BCUT2D eigenvalue weighted by molar-refractivity contribution is 5.85. The molecule has 0 spiro atoms. The topological polar surface area (TPSA) is 50.9 Å².